The summed E-state index contributed by atoms with van der Waals surface area (Å²) in [6, 6.07) is 43.3. The molecule has 0 aliphatic heterocycles. The van der Waals surface area contributed by atoms with Crippen molar-refractivity contribution in [2.24, 2.45) is 10.9 Å². The molecular formula is C48H44N2. The first-order valence-corrected chi connectivity index (χ1v) is 17.7. The van der Waals surface area contributed by atoms with Gasteiger partial charge in [0.15, 0.2) is 0 Å². The van der Waals surface area contributed by atoms with E-state index in [1.165, 1.54) is 50.1 Å². The molecule has 0 saturated heterocycles. The molecule has 5 aromatic carbocycles. The molecule has 0 saturated carbocycles. The number of nitrogens with zero attached hydrogens (tertiary/aromatic N) is 1. The van der Waals surface area contributed by atoms with Gasteiger partial charge in [-0.2, -0.15) is 0 Å². The van der Waals surface area contributed by atoms with E-state index < -0.39 is 0 Å². The molecule has 7 rings (SSSR count). The maximum atomic E-state index is 5.09. The van der Waals surface area contributed by atoms with E-state index in [1.807, 2.05) is 30.3 Å². The minimum Gasteiger partial charge on any atom is -0.363 e. The first kappa shape index (κ1) is 32.8. The van der Waals surface area contributed by atoms with Crippen LogP contribution in [0.2, 0.25) is 0 Å². The highest BCUT2D eigenvalue weighted by Crippen LogP contribution is 2.38. The Balaban J connectivity index is 1.12. The van der Waals surface area contributed by atoms with Gasteiger partial charge < -0.3 is 5.32 Å². The third kappa shape index (κ3) is 7.02. The number of hydrogen-bond donors (Lipinski definition) is 1. The number of amidine groups is 1. The van der Waals surface area contributed by atoms with Gasteiger partial charge in [-0.15, -0.1) is 0 Å². The average molecular weight is 649 g/mol. The van der Waals surface area contributed by atoms with Crippen LogP contribution in [0, 0.1) is 5.92 Å². The Morgan fingerprint density at radius 1 is 0.800 bits per heavy atom. The Hall–Kier alpha value is -5.73. The molecule has 5 aromatic rings. The topological polar surface area (TPSA) is 24.4 Å². The molecule has 2 atom stereocenters. The normalized spacial score (nSPS) is 16.1. The molecule has 50 heavy (non-hydrogen) atoms. The standard InChI is InChI=1S/C48H44N2/c1-5-36-32-43(38-23-25-40(26-24-38)46-22-14-20-39-17-12-13-21-45(39)46)28-30-47(36)44-29-27-42(31-33(44)2)35(4)50-48(41-18-10-7-11-19-41)49-34(3)37-15-8-6-9-16-37/h5-12,14-20,22-30,32-34H,1,4,13,21,31H2,2-3H3,(H,49,50). The summed E-state index contributed by atoms with van der Waals surface area (Å²) in [4.78, 5) is 5.09. The molecule has 0 heterocycles. The second-order valence-corrected chi connectivity index (χ2v) is 13.4. The molecule has 2 nitrogen and oxygen atoms in total. The van der Waals surface area contributed by atoms with Crippen LogP contribution in [0.25, 0.3) is 40.0 Å². The average Bonchev–Trinajstić information content (AvgIpc) is 3.18. The van der Waals surface area contributed by atoms with Crippen molar-refractivity contribution in [3.8, 4) is 22.3 Å². The van der Waals surface area contributed by atoms with Crippen molar-refractivity contribution in [2.45, 2.75) is 39.2 Å². The smallest absolute Gasteiger partial charge is 0.134 e. The van der Waals surface area contributed by atoms with Crippen LogP contribution >= 0.6 is 0 Å². The molecule has 2 unspecified atom stereocenters. The Kier molecular flexibility index (Phi) is 9.71. The zero-order valence-electron chi connectivity index (χ0n) is 29.1. The minimum absolute atomic E-state index is 0.0960. The van der Waals surface area contributed by atoms with Crippen LogP contribution in [0.4, 0.5) is 0 Å². The number of nitrogens with one attached hydrogen (secondary N) is 1. The lowest BCUT2D eigenvalue weighted by atomic mass is 9.81. The Bertz CT molecular complexity index is 2140. The highest BCUT2D eigenvalue weighted by molar-refractivity contribution is 6.00. The highest BCUT2D eigenvalue weighted by atomic mass is 15.0. The summed E-state index contributed by atoms with van der Waals surface area (Å²) in [6.45, 7) is 13.1. The van der Waals surface area contributed by atoms with Crippen molar-refractivity contribution < 1.29 is 0 Å². The van der Waals surface area contributed by atoms with Crippen LogP contribution in [0.15, 0.2) is 169 Å². The molecule has 1 N–H and O–H groups in total. The van der Waals surface area contributed by atoms with Gasteiger partial charge in [0.2, 0.25) is 0 Å². The number of benzene rings is 5. The maximum Gasteiger partial charge on any atom is 0.134 e. The molecular weight excluding hydrogens is 605 g/mol. The summed E-state index contributed by atoms with van der Waals surface area (Å²) in [5, 5.41) is 3.66. The molecule has 2 aliphatic rings. The number of rotatable bonds is 9. The van der Waals surface area contributed by atoms with Gasteiger partial charge in [-0.1, -0.05) is 166 Å². The monoisotopic (exact) mass is 648 g/mol. The predicted molar refractivity (Wildman–Crippen MR) is 215 cm³/mol. The molecule has 0 bridgehead atoms. The lowest BCUT2D eigenvalue weighted by molar-refractivity contribution is 0.713. The summed E-state index contributed by atoms with van der Waals surface area (Å²) >= 11 is 0. The molecule has 2 aliphatic carbocycles. The van der Waals surface area contributed by atoms with Crippen LogP contribution in [0.5, 0.6) is 0 Å². The van der Waals surface area contributed by atoms with Crippen LogP contribution in [0.3, 0.4) is 0 Å². The third-order valence-electron chi connectivity index (χ3n) is 10.0. The second kappa shape index (κ2) is 14.8. The highest BCUT2D eigenvalue weighted by Gasteiger charge is 2.21. The fraction of sp³-hybridized carbons (Fsp3) is 0.146. The van der Waals surface area contributed by atoms with Crippen molar-refractivity contribution in [1.82, 2.24) is 5.32 Å². The van der Waals surface area contributed by atoms with Gasteiger partial charge in [0.05, 0.1) is 5.70 Å². The third-order valence-corrected chi connectivity index (χ3v) is 10.0. The van der Waals surface area contributed by atoms with E-state index in [0.717, 1.165) is 47.5 Å². The second-order valence-electron chi connectivity index (χ2n) is 13.4. The Labute approximate surface area is 297 Å². The lowest BCUT2D eigenvalue weighted by Gasteiger charge is -2.24. The van der Waals surface area contributed by atoms with Gasteiger partial charge in [-0.05, 0) is 99.4 Å². The van der Waals surface area contributed by atoms with Crippen LogP contribution in [-0.2, 0) is 6.42 Å². The summed E-state index contributed by atoms with van der Waals surface area (Å²) in [5.74, 6) is 1.13. The van der Waals surface area contributed by atoms with E-state index in [4.69, 9.17) is 4.99 Å². The fourth-order valence-corrected chi connectivity index (χ4v) is 7.21. The van der Waals surface area contributed by atoms with Gasteiger partial charge in [0.25, 0.3) is 0 Å². The van der Waals surface area contributed by atoms with Crippen LogP contribution in [-0.4, -0.2) is 5.84 Å². The van der Waals surface area contributed by atoms with Crippen molar-refractivity contribution in [3.05, 3.63) is 197 Å². The zero-order chi connectivity index (χ0) is 34.5. The lowest BCUT2D eigenvalue weighted by Crippen LogP contribution is -2.28. The summed E-state index contributed by atoms with van der Waals surface area (Å²) in [5.41, 5.74) is 15.7. The van der Waals surface area contributed by atoms with Gasteiger partial charge in [-0.3, -0.25) is 0 Å². The van der Waals surface area contributed by atoms with Crippen LogP contribution < -0.4 is 5.32 Å². The quantitative estimate of drug-likeness (QED) is 0.125. The summed E-state index contributed by atoms with van der Waals surface area (Å²) in [7, 11) is 0. The maximum absolute atomic E-state index is 5.09. The van der Waals surface area contributed by atoms with Crippen molar-refractivity contribution in [3.63, 3.8) is 0 Å². The largest absolute Gasteiger partial charge is 0.363 e. The molecule has 0 amide bonds. The van der Waals surface area contributed by atoms with E-state index in [-0.39, 0.29) is 6.04 Å². The van der Waals surface area contributed by atoms with E-state index in [0.29, 0.717) is 5.92 Å². The van der Waals surface area contributed by atoms with Gasteiger partial charge in [0.1, 0.15) is 5.84 Å². The SMILES string of the molecule is C=Cc1cc(-c2ccc(-c3cccc4c3CCC=C4)cc2)ccc1C1=CC=C(C(=C)/N=C(\NC(C)c2ccccc2)c2ccccc2)CC1C. The number of allylic oxidation sites excluding steroid dienone is 5. The van der Waals surface area contributed by atoms with E-state index in [2.05, 4.69) is 154 Å². The number of aliphatic imine (C=N–C) groups is 1. The van der Waals surface area contributed by atoms with Crippen molar-refractivity contribution in [1.29, 1.82) is 0 Å². The Morgan fingerprint density at radius 2 is 1.52 bits per heavy atom. The molecule has 2 heteroatoms. The molecule has 0 aromatic heterocycles. The van der Waals surface area contributed by atoms with Gasteiger partial charge in [-0.25, -0.2) is 4.99 Å². The van der Waals surface area contributed by atoms with Crippen molar-refractivity contribution >= 4 is 23.6 Å². The first-order valence-electron chi connectivity index (χ1n) is 17.7. The van der Waals surface area contributed by atoms with Gasteiger partial charge in [0, 0.05) is 11.6 Å². The molecule has 0 spiro atoms. The van der Waals surface area contributed by atoms with E-state index in [9.17, 15) is 0 Å². The summed E-state index contributed by atoms with van der Waals surface area (Å²) < 4.78 is 0. The number of fused-ring (bicyclic) bond motifs is 1. The van der Waals surface area contributed by atoms with Gasteiger partial charge >= 0.3 is 0 Å². The Morgan fingerprint density at radius 3 is 2.26 bits per heavy atom. The predicted octanol–water partition coefficient (Wildman–Crippen LogP) is 12.3. The summed E-state index contributed by atoms with van der Waals surface area (Å²) in [6.07, 6.45) is 14.0. The first-order chi connectivity index (χ1) is 24.5. The molecule has 0 fully saturated rings. The van der Waals surface area contributed by atoms with Crippen molar-refractivity contribution in [2.75, 3.05) is 0 Å². The molecule has 246 valence electrons. The van der Waals surface area contributed by atoms with Crippen LogP contribution in [0.1, 0.15) is 66.1 Å². The zero-order valence-corrected chi connectivity index (χ0v) is 29.1. The number of hydrogen-bond acceptors (Lipinski definition) is 1. The minimum atomic E-state index is 0.0960. The van der Waals surface area contributed by atoms with E-state index >= 15 is 0 Å². The molecule has 0 radical (unpaired) electrons. The van der Waals surface area contributed by atoms with E-state index in [1.54, 1.807) is 0 Å². The fourth-order valence-electron chi connectivity index (χ4n) is 7.21.